The molecule has 0 aliphatic carbocycles. The monoisotopic (exact) mass is 242 g/mol. The first-order valence-electron chi connectivity index (χ1n) is 5.26. The Morgan fingerprint density at radius 2 is 1.78 bits per heavy atom. The molecular formula is C13H10N2O3. The van der Waals surface area contributed by atoms with Crippen molar-refractivity contribution in [1.82, 2.24) is 0 Å². The predicted octanol–water partition coefficient (Wildman–Crippen LogP) is 2.83. The van der Waals surface area contributed by atoms with Crippen LogP contribution >= 0.6 is 0 Å². The van der Waals surface area contributed by atoms with Gasteiger partial charge in [0.2, 0.25) is 6.41 Å². The summed E-state index contributed by atoms with van der Waals surface area (Å²) in [6.07, 6.45) is 0.421. The van der Waals surface area contributed by atoms with E-state index in [4.69, 9.17) is 0 Å². The maximum absolute atomic E-state index is 10.9. The van der Waals surface area contributed by atoms with E-state index in [0.29, 0.717) is 6.41 Å². The molecule has 0 fully saturated rings. The third kappa shape index (κ3) is 2.35. The van der Waals surface area contributed by atoms with Crippen LogP contribution in [-0.2, 0) is 4.79 Å². The van der Waals surface area contributed by atoms with Crippen molar-refractivity contribution in [2.75, 3.05) is 5.32 Å². The molecule has 0 aliphatic heterocycles. The summed E-state index contributed by atoms with van der Waals surface area (Å²) in [6, 6.07) is 14.0. The summed E-state index contributed by atoms with van der Waals surface area (Å²) in [6.45, 7) is 0. The van der Waals surface area contributed by atoms with E-state index in [1.54, 1.807) is 6.07 Å². The minimum absolute atomic E-state index is 0.122. The Labute approximate surface area is 103 Å². The Morgan fingerprint density at radius 3 is 2.39 bits per heavy atom. The van der Waals surface area contributed by atoms with Gasteiger partial charge in [0.25, 0.3) is 5.69 Å². The number of nitro groups is 1. The quantitative estimate of drug-likeness (QED) is 0.509. The van der Waals surface area contributed by atoms with Crippen molar-refractivity contribution in [3.05, 3.63) is 58.6 Å². The van der Waals surface area contributed by atoms with E-state index in [1.807, 2.05) is 30.3 Å². The first-order chi connectivity index (χ1) is 8.72. The molecule has 2 aromatic rings. The zero-order valence-corrected chi connectivity index (χ0v) is 9.37. The second-order valence-corrected chi connectivity index (χ2v) is 3.62. The lowest BCUT2D eigenvalue weighted by Crippen LogP contribution is -1.99. The average Bonchev–Trinajstić information content (AvgIpc) is 2.40. The SMILES string of the molecule is O=CNc1ccc(-c2ccccc2)cc1[N+](=O)[O-]. The highest BCUT2D eigenvalue weighted by Crippen LogP contribution is 2.30. The summed E-state index contributed by atoms with van der Waals surface area (Å²) in [5.74, 6) is 0. The summed E-state index contributed by atoms with van der Waals surface area (Å²) in [7, 11) is 0. The zero-order chi connectivity index (χ0) is 13.0. The van der Waals surface area contributed by atoms with Crippen LogP contribution in [0.25, 0.3) is 11.1 Å². The van der Waals surface area contributed by atoms with E-state index >= 15 is 0 Å². The summed E-state index contributed by atoms with van der Waals surface area (Å²) >= 11 is 0. The zero-order valence-electron chi connectivity index (χ0n) is 9.37. The Bertz CT molecular complexity index is 582. The molecule has 5 nitrogen and oxygen atoms in total. The van der Waals surface area contributed by atoms with Crippen LogP contribution in [0.3, 0.4) is 0 Å². The number of carbonyl (C=O) groups is 1. The van der Waals surface area contributed by atoms with Gasteiger partial charge in [-0.25, -0.2) is 0 Å². The number of carbonyl (C=O) groups excluding carboxylic acids is 1. The minimum Gasteiger partial charge on any atom is -0.323 e. The Hall–Kier alpha value is -2.69. The minimum atomic E-state index is -0.516. The summed E-state index contributed by atoms with van der Waals surface area (Å²) in [4.78, 5) is 20.8. The molecule has 18 heavy (non-hydrogen) atoms. The van der Waals surface area contributed by atoms with Gasteiger partial charge in [0, 0.05) is 6.07 Å². The molecule has 0 saturated heterocycles. The van der Waals surface area contributed by atoms with Crippen molar-refractivity contribution in [2.45, 2.75) is 0 Å². The van der Waals surface area contributed by atoms with Crippen LogP contribution in [0, 0.1) is 10.1 Å². The van der Waals surface area contributed by atoms with Gasteiger partial charge in [0.1, 0.15) is 5.69 Å². The van der Waals surface area contributed by atoms with Crippen LogP contribution in [0.5, 0.6) is 0 Å². The van der Waals surface area contributed by atoms with Gasteiger partial charge in [-0.15, -0.1) is 0 Å². The van der Waals surface area contributed by atoms with Crippen molar-refractivity contribution >= 4 is 17.8 Å². The van der Waals surface area contributed by atoms with Gasteiger partial charge in [-0.3, -0.25) is 14.9 Å². The lowest BCUT2D eigenvalue weighted by molar-refractivity contribution is -0.383. The topological polar surface area (TPSA) is 72.2 Å². The number of anilines is 1. The smallest absolute Gasteiger partial charge is 0.293 e. The third-order valence-corrected chi connectivity index (χ3v) is 2.52. The molecule has 0 atom stereocenters. The van der Waals surface area contributed by atoms with Crippen LogP contribution in [0.15, 0.2) is 48.5 Å². The van der Waals surface area contributed by atoms with Crippen LogP contribution < -0.4 is 5.32 Å². The number of nitro benzene ring substituents is 1. The van der Waals surface area contributed by atoms with E-state index in [-0.39, 0.29) is 11.4 Å². The molecule has 1 N–H and O–H groups in total. The Morgan fingerprint density at radius 1 is 1.06 bits per heavy atom. The number of nitrogens with zero attached hydrogens (tertiary/aromatic N) is 1. The molecule has 1 amide bonds. The molecule has 0 saturated carbocycles. The van der Waals surface area contributed by atoms with Crippen molar-refractivity contribution in [3.63, 3.8) is 0 Å². The maximum atomic E-state index is 10.9. The van der Waals surface area contributed by atoms with E-state index in [9.17, 15) is 14.9 Å². The molecule has 5 heteroatoms. The van der Waals surface area contributed by atoms with E-state index in [2.05, 4.69) is 5.32 Å². The molecule has 0 radical (unpaired) electrons. The first-order valence-corrected chi connectivity index (χ1v) is 5.26. The summed E-state index contributed by atoms with van der Waals surface area (Å²) < 4.78 is 0. The lowest BCUT2D eigenvalue weighted by Gasteiger charge is -2.05. The van der Waals surface area contributed by atoms with Gasteiger partial charge in [0.05, 0.1) is 4.92 Å². The molecule has 0 bridgehead atoms. The average molecular weight is 242 g/mol. The highest BCUT2D eigenvalue weighted by Gasteiger charge is 2.14. The van der Waals surface area contributed by atoms with Gasteiger partial charge in [-0.1, -0.05) is 36.4 Å². The number of rotatable bonds is 4. The number of hydrogen-bond acceptors (Lipinski definition) is 3. The number of nitrogens with one attached hydrogen (secondary N) is 1. The second kappa shape index (κ2) is 5.09. The Balaban J connectivity index is 2.50. The third-order valence-electron chi connectivity index (χ3n) is 2.52. The van der Waals surface area contributed by atoms with Crippen molar-refractivity contribution in [2.24, 2.45) is 0 Å². The van der Waals surface area contributed by atoms with Gasteiger partial charge < -0.3 is 5.32 Å². The number of benzene rings is 2. The normalized spacial score (nSPS) is 9.78. The highest BCUT2D eigenvalue weighted by atomic mass is 16.6. The summed E-state index contributed by atoms with van der Waals surface area (Å²) in [5, 5.41) is 13.2. The van der Waals surface area contributed by atoms with E-state index < -0.39 is 4.92 Å². The molecule has 0 aromatic heterocycles. The van der Waals surface area contributed by atoms with Gasteiger partial charge >= 0.3 is 0 Å². The Kier molecular flexibility index (Phi) is 3.33. The fraction of sp³-hybridized carbons (Fsp3) is 0. The largest absolute Gasteiger partial charge is 0.323 e. The van der Waals surface area contributed by atoms with Crippen LogP contribution in [0.4, 0.5) is 11.4 Å². The molecule has 90 valence electrons. The first kappa shape index (κ1) is 11.8. The summed E-state index contributed by atoms with van der Waals surface area (Å²) in [5.41, 5.74) is 1.69. The van der Waals surface area contributed by atoms with Crippen LogP contribution in [-0.4, -0.2) is 11.3 Å². The molecule has 2 rings (SSSR count). The molecule has 0 unspecified atom stereocenters. The fourth-order valence-corrected chi connectivity index (χ4v) is 1.68. The highest BCUT2D eigenvalue weighted by molar-refractivity contribution is 5.81. The fourth-order valence-electron chi connectivity index (χ4n) is 1.68. The van der Waals surface area contributed by atoms with Gasteiger partial charge in [-0.05, 0) is 17.2 Å². The molecule has 2 aromatic carbocycles. The van der Waals surface area contributed by atoms with Crippen LogP contribution in [0.1, 0.15) is 0 Å². The number of hydrogen-bond donors (Lipinski definition) is 1. The lowest BCUT2D eigenvalue weighted by atomic mass is 10.0. The molecule has 0 aliphatic rings. The number of amides is 1. The van der Waals surface area contributed by atoms with Crippen molar-refractivity contribution in [1.29, 1.82) is 0 Å². The van der Waals surface area contributed by atoms with Gasteiger partial charge in [0.15, 0.2) is 0 Å². The molecular weight excluding hydrogens is 232 g/mol. The molecule has 0 spiro atoms. The van der Waals surface area contributed by atoms with Crippen molar-refractivity contribution in [3.8, 4) is 11.1 Å². The standard InChI is InChI=1S/C13H10N2O3/c16-9-14-12-7-6-11(8-13(12)15(17)18)10-4-2-1-3-5-10/h1-9H,(H,14,16). The molecule has 0 heterocycles. The second-order valence-electron chi connectivity index (χ2n) is 3.62. The van der Waals surface area contributed by atoms with Gasteiger partial charge in [-0.2, -0.15) is 0 Å². The maximum Gasteiger partial charge on any atom is 0.293 e. The van der Waals surface area contributed by atoms with E-state index in [0.717, 1.165) is 11.1 Å². The van der Waals surface area contributed by atoms with Crippen molar-refractivity contribution < 1.29 is 9.72 Å². The van der Waals surface area contributed by atoms with Crippen LogP contribution in [0.2, 0.25) is 0 Å². The van der Waals surface area contributed by atoms with E-state index in [1.165, 1.54) is 12.1 Å². The predicted molar refractivity (Wildman–Crippen MR) is 68.2 cm³/mol.